The van der Waals surface area contributed by atoms with Crippen LogP contribution in [-0.4, -0.2) is 35.3 Å². The Morgan fingerprint density at radius 2 is 1.88 bits per heavy atom. The summed E-state index contributed by atoms with van der Waals surface area (Å²) < 4.78 is 0. The Labute approximate surface area is 104 Å². The van der Waals surface area contributed by atoms with Gasteiger partial charge in [0.2, 0.25) is 11.8 Å². The first-order valence-electron chi connectivity index (χ1n) is 6.30. The third kappa shape index (κ3) is 4.02. The van der Waals surface area contributed by atoms with Crippen molar-refractivity contribution in [3.8, 4) is 0 Å². The Balaban J connectivity index is 2.73. The van der Waals surface area contributed by atoms with Gasteiger partial charge in [-0.05, 0) is 25.7 Å². The van der Waals surface area contributed by atoms with Crippen molar-refractivity contribution in [3.63, 3.8) is 0 Å². The molecule has 1 saturated heterocycles. The zero-order valence-corrected chi connectivity index (χ0v) is 11.5. The van der Waals surface area contributed by atoms with Gasteiger partial charge in [0.05, 0.1) is 0 Å². The fraction of sp³-hybridized carbons (Fsp3) is 0.846. The molecule has 1 rings (SSSR count). The van der Waals surface area contributed by atoms with E-state index in [0.717, 1.165) is 13.0 Å². The number of nitrogens with one attached hydrogen (secondary N) is 1. The average molecular weight is 240 g/mol. The molecule has 0 bridgehead atoms. The highest BCUT2D eigenvalue weighted by Crippen LogP contribution is 2.21. The van der Waals surface area contributed by atoms with Crippen LogP contribution in [0.2, 0.25) is 0 Å². The highest BCUT2D eigenvalue weighted by Gasteiger charge is 2.31. The van der Waals surface area contributed by atoms with E-state index in [2.05, 4.69) is 26.1 Å². The van der Waals surface area contributed by atoms with Gasteiger partial charge in [-0.1, -0.05) is 20.8 Å². The second-order valence-corrected chi connectivity index (χ2v) is 6.18. The van der Waals surface area contributed by atoms with Gasteiger partial charge in [-0.15, -0.1) is 0 Å². The van der Waals surface area contributed by atoms with Gasteiger partial charge >= 0.3 is 0 Å². The molecule has 0 radical (unpaired) electrons. The summed E-state index contributed by atoms with van der Waals surface area (Å²) in [5, 5.41) is 2.72. The lowest BCUT2D eigenvalue weighted by molar-refractivity contribution is -0.134. The van der Waals surface area contributed by atoms with Crippen molar-refractivity contribution in [3.05, 3.63) is 0 Å². The van der Waals surface area contributed by atoms with Crippen LogP contribution in [-0.2, 0) is 9.59 Å². The zero-order chi connectivity index (χ0) is 13.2. The molecule has 2 unspecified atom stereocenters. The molecular formula is C13H24N2O2. The van der Waals surface area contributed by atoms with E-state index in [1.807, 2.05) is 11.8 Å². The lowest BCUT2D eigenvalue weighted by atomic mass is 9.92. The van der Waals surface area contributed by atoms with Crippen molar-refractivity contribution in [1.29, 1.82) is 0 Å². The number of hydrogen-bond acceptors (Lipinski definition) is 2. The molecule has 1 heterocycles. The standard InChI is InChI=1S/C13H24N2O2/c1-9-8-11(16)14-10(2)12(17)15(9)7-6-13(3,4)5/h9-10H,6-8H2,1-5H3,(H,14,16). The summed E-state index contributed by atoms with van der Waals surface area (Å²) in [4.78, 5) is 25.5. The first kappa shape index (κ1) is 14.0. The first-order valence-corrected chi connectivity index (χ1v) is 6.30. The van der Waals surface area contributed by atoms with Gasteiger partial charge in [-0.3, -0.25) is 9.59 Å². The smallest absolute Gasteiger partial charge is 0.245 e. The molecule has 4 nitrogen and oxygen atoms in total. The Morgan fingerprint density at radius 3 is 2.41 bits per heavy atom. The second-order valence-electron chi connectivity index (χ2n) is 6.18. The van der Waals surface area contributed by atoms with Gasteiger partial charge in [0, 0.05) is 19.0 Å². The van der Waals surface area contributed by atoms with E-state index in [9.17, 15) is 9.59 Å². The molecule has 1 fully saturated rings. The predicted octanol–water partition coefficient (Wildman–Crippen LogP) is 1.55. The second kappa shape index (κ2) is 5.07. The average Bonchev–Trinajstić information content (AvgIpc) is 2.22. The van der Waals surface area contributed by atoms with Crippen LogP contribution in [0.3, 0.4) is 0 Å². The highest BCUT2D eigenvalue weighted by atomic mass is 16.2. The highest BCUT2D eigenvalue weighted by molar-refractivity contribution is 5.90. The van der Waals surface area contributed by atoms with Gasteiger partial charge in [0.25, 0.3) is 0 Å². The number of carbonyl (C=O) groups excluding carboxylic acids is 2. The third-order valence-electron chi connectivity index (χ3n) is 3.15. The van der Waals surface area contributed by atoms with Crippen molar-refractivity contribution in [2.75, 3.05) is 6.54 Å². The molecule has 4 heteroatoms. The zero-order valence-electron chi connectivity index (χ0n) is 11.5. The van der Waals surface area contributed by atoms with Crippen molar-refractivity contribution < 1.29 is 9.59 Å². The van der Waals surface area contributed by atoms with Gasteiger partial charge in [0.15, 0.2) is 0 Å². The van der Waals surface area contributed by atoms with Crippen LogP contribution in [0.5, 0.6) is 0 Å². The van der Waals surface area contributed by atoms with Crippen LogP contribution < -0.4 is 5.32 Å². The number of hydrogen-bond donors (Lipinski definition) is 1. The third-order valence-corrected chi connectivity index (χ3v) is 3.15. The SMILES string of the molecule is CC1NC(=O)CC(C)N(CCC(C)(C)C)C1=O. The molecular weight excluding hydrogens is 216 g/mol. The van der Waals surface area contributed by atoms with Crippen molar-refractivity contribution in [1.82, 2.24) is 10.2 Å². The molecule has 0 spiro atoms. The minimum absolute atomic E-state index is 0.00481. The van der Waals surface area contributed by atoms with E-state index < -0.39 is 6.04 Å². The molecule has 98 valence electrons. The van der Waals surface area contributed by atoms with Crippen LogP contribution in [0.25, 0.3) is 0 Å². The number of carbonyl (C=O) groups is 2. The molecule has 0 aromatic rings. The van der Waals surface area contributed by atoms with Crippen LogP contribution in [0.4, 0.5) is 0 Å². The molecule has 1 aliphatic heterocycles. The Bertz CT molecular complexity index is 307. The Kier molecular flexibility index (Phi) is 4.17. The molecule has 1 N–H and O–H groups in total. The first-order chi connectivity index (χ1) is 7.70. The minimum Gasteiger partial charge on any atom is -0.345 e. The van der Waals surface area contributed by atoms with Crippen molar-refractivity contribution in [2.45, 2.75) is 59.5 Å². The molecule has 17 heavy (non-hydrogen) atoms. The van der Waals surface area contributed by atoms with E-state index >= 15 is 0 Å². The van der Waals surface area contributed by atoms with E-state index in [1.165, 1.54) is 0 Å². The number of amides is 2. The minimum atomic E-state index is -0.396. The maximum atomic E-state index is 12.1. The summed E-state index contributed by atoms with van der Waals surface area (Å²) in [5.41, 5.74) is 0.201. The number of rotatable bonds is 2. The van der Waals surface area contributed by atoms with Crippen molar-refractivity contribution >= 4 is 11.8 Å². The van der Waals surface area contributed by atoms with Crippen LogP contribution >= 0.6 is 0 Å². The lowest BCUT2D eigenvalue weighted by Gasteiger charge is -2.30. The van der Waals surface area contributed by atoms with E-state index in [1.54, 1.807) is 6.92 Å². The van der Waals surface area contributed by atoms with Gasteiger partial charge < -0.3 is 10.2 Å². The molecule has 2 atom stereocenters. The molecule has 0 aromatic carbocycles. The largest absolute Gasteiger partial charge is 0.345 e. The quantitative estimate of drug-likeness (QED) is 0.796. The summed E-state index contributed by atoms with van der Waals surface area (Å²) in [6.45, 7) is 10.9. The van der Waals surface area contributed by atoms with E-state index in [0.29, 0.717) is 6.42 Å². The van der Waals surface area contributed by atoms with E-state index in [-0.39, 0.29) is 23.3 Å². The summed E-state index contributed by atoms with van der Waals surface area (Å²) in [7, 11) is 0. The lowest BCUT2D eigenvalue weighted by Crippen LogP contribution is -2.45. The normalized spacial score (nSPS) is 26.8. The fourth-order valence-electron chi connectivity index (χ4n) is 1.99. The topological polar surface area (TPSA) is 49.4 Å². The van der Waals surface area contributed by atoms with E-state index in [4.69, 9.17) is 0 Å². The van der Waals surface area contributed by atoms with Crippen LogP contribution in [0.1, 0.15) is 47.5 Å². The summed E-state index contributed by atoms with van der Waals surface area (Å²) in [6.07, 6.45) is 1.35. The molecule has 0 aromatic heterocycles. The van der Waals surface area contributed by atoms with Crippen LogP contribution in [0, 0.1) is 5.41 Å². The number of nitrogens with zero attached hydrogens (tertiary/aromatic N) is 1. The molecule has 1 aliphatic rings. The molecule has 0 saturated carbocycles. The van der Waals surface area contributed by atoms with Gasteiger partial charge in [-0.2, -0.15) is 0 Å². The maximum absolute atomic E-state index is 12.1. The van der Waals surface area contributed by atoms with Gasteiger partial charge in [0.1, 0.15) is 6.04 Å². The summed E-state index contributed by atoms with van der Waals surface area (Å²) in [5.74, 6) is 0.00390. The predicted molar refractivity (Wildman–Crippen MR) is 67.5 cm³/mol. The summed E-state index contributed by atoms with van der Waals surface area (Å²) >= 11 is 0. The van der Waals surface area contributed by atoms with Crippen molar-refractivity contribution in [2.24, 2.45) is 5.41 Å². The van der Waals surface area contributed by atoms with Gasteiger partial charge in [-0.25, -0.2) is 0 Å². The van der Waals surface area contributed by atoms with Crippen LogP contribution in [0.15, 0.2) is 0 Å². The molecule has 0 aliphatic carbocycles. The Hall–Kier alpha value is -1.06. The monoisotopic (exact) mass is 240 g/mol. The summed E-state index contributed by atoms with van der Waals surface area (Å²) in [6, 6.07) is -0.401. The molecule has 2 amide bonds. The maximum Gasteiger partial charge on any atom is 0.245 e. The fourth-order valence-corrected chi connectivity index (χ4v) is 1.99. The Morgan fingerprint density at radius 1 is 1.29 bits per heavy atom.